The summed E-state index contributed by atoms with van der Waals surface area (Å²) in [7, 11) is 0. The van der Waals surface area contributed by atoms with E-state index in [4.69, 9.17) is 5.11 Å². The first-order valence-electron chi connectivity index (χ1n) is 6.27. The lowest BCUT2D eigenvalue weighted by Gasteiger charge is -2.39. The van der Waals surface area contributed by atoms with Crippen molar-refractivity contribution in [3.8, 4) is 0 Å². The second-order valence-corrected chi connectivity index (χ2v) is 5.75. The van der Waals surface area contributed by atoms with Crippen LogP contribution < -0.4 is 5.32 Å². The van der Waals surface area contributed by atoms with Crippen LogP contribution in [0.3, 0.4) is 0 Å². The number of nitrogens with zero attached hydrogens (tertiary/aromatic N) is 2. The SMILES string of the molecule is O=C(O)N1CCC(N2Cc3ccsc3NC2=O)CC1. The summed E-state index contributed by atoms with van der Waals surface area (Å²) in [5.74, 6) is 0. The van der Waals surface area contributed by atoms with Gasteiger partial charge in [-0.3, -0.25) is 5.32 Å². The number of likely N-dealkylation sites (tertiary alicyclic amines) is 1. The molecule has 1 aromatic rings. The predicted molar refractivity (Wildman–Crippen MR) is 71.5 cm³/mol. The van der Waals surface area contributed by atoms with Gasteiger partial charge in [-0.1, -0.05) is 0 Å². The van der Waals surface area contributed by atoms with Gasteiger partial charge in [0.2, 0.25) is 0 Å². The molecule has 0 bridgehead atoms. The van der Waals surface area contributed by atoms with Gasteiger partial charge in [-0.05, 0) is 24.3 Å². The van der Waals surface area contributed by atoms with Crippen LogP contribution in [0.4, 0.5) is 14.6 Å². The van der Waals surface area contributed by atoms with E-state index in [2.05, 4.69) is 5.32 Å². The van der Waals surface area contributed by atoms with Crippen LogP contribution in [-0.4, -0.2) is 46.2 Å². The number of carboxylic acid groups (broad SMARTS) is 1. The molecular formula is C12H15N3O3S. The molecule has 102 valence electrons. The molecule has 3 amide bonds. The number of thiophene rings is 1. The summed E-state index contributed by atoms with van der Waals surface area (Å²) in [4.78, 5) is 26.2. The number of fused-ring (bicyclic) bond motifs is 1. The summed E-state index contributed by atoms with van der Waals surface area (Å²) in [5, 5.41) is 14.7. The quantitative estimate of drug-likeness (QED) is 0.829. The Morgan fingerprint density at radius 1 is 1.42 bits per heavy atom. The van der Waals surface area contributed by atoms with Gasteiger partial charge >= 0.3 is 12.1 Å². The molecular weight excluding hydrogens is 266 g/mol. The molecule has 0 radical (unpaired) electrons. The van der Waals surface area contributed by atoms with E-state index in [1.807, 2.05) is 16.3 Å². The highest BCUT2D eigenvalue weighted by Crippen LogP contribution is 2.31. The first-order valence-corrected chi connectivity index (χ1v) is 7.15. The van der Waals surface area contributed by atoms with Crippen molar-refractivity contribution in [1.82, 2.24) is 9.80 Å². The molecule has 3 rings (SSSR count). The minimum absolute atomic E-state index is 0.0660. The van der Waals surface area contributed by atoms with Gasteiger partial charge in [-0.25, -0.2) is 9.59 Å². The fourth-order valence-electron chi connectivity index (χ4n) is 2.66. The van der Waals surface area contributed by atoms with Gasteiger partial charge < -0.3 is 14.9 Å². The summed E-state index contributed by atoms with van der Waals surface area (Å²) < 4.78 is 0. The van der Waals surface area contributed by atoms with E-state index >= 15 is 0 Å². The zero-order valence-corrected chi connectivity index (χ0v) is 11.2. The number of anilines is 1. The third kappa shape index (κ3) is 2.25. The van der Waals surface area contributed by atoms with Crippen LogP contribution in [0.1, 0.15) is 18.4 Å². The maximum atomic E-state index is 12.1. The van der Waals surface area contributed by atoms with Gasteiger partial charge in [-0.15, -0.1) is 11.3 Å². The smallest absolute Gasteiger partial charge is 0.407 e. The first kappa shape index (κ1) is 12.3. The van der Waals surface area contributed by atoms with Crippen LogP contribution in [0.5, 0.6) is 0 Å². The molecule has 1 saturated heterocycles. The lowest BCUT2D eigenvalue weighted by Crippen LogP contribution is -2.50. The van der Waals surface area contributed by atoms with Gasteiger partial charge in [-0.2, -0.15) is 0 Å². The molecule has 0 atom stereocenters. The van der Waals surface area contributed by atoms with Crippen LogP contribution in [0.15, 0.2) is 11.4 Å². The highest BCUT2D eigenvalue weighted by molar-refractivity contribution is 7.14. The molecule has 1 fully saturated rings. The van der Waals surface area contributed by atoms with Crippen LogP contribution in [0.2, 0.25) is 0 Å². The fourth-order valence-corrected chi connectivity index (χ4v) is 3.46. The highest BCUT2D eigenvalue weighted by atomic mass is 32.1. The number of amides is 3. The molecule has 0 saturated carbocycles. The van der Waals surface area contributed by atoms with Gasteiger partial charge in [0.15, 0.2) is 0 Å². The Hall–Kier alpha value is -1.76. The zero-order chi connectivity index (χ0) is 13.4. The van der Waals surface area contributed by atoms with Crippen molar-refractivity contribution in [3.05, 3.63) is 17.0 Å². The van der Waals surface area contributed by atoms with E-state index in [-0.39, 0.29) is 12.1 Å². The van der Waals surface area contributed by atoms with Crippen LogP contribution in [0, 0.1) is 0 Å². The molecule has 0 aliphatic carbocycles. The van der Waals surface area contributed by atoms with E-state index in [0.29, 0.717) is 32.5 Å². The number of piperidine rings is 1. The van der Waals surface area contributed by atoms with E-state index < -0.39 is 6.09 Å². The van der Waals surface area contributed by atoms with Gasteiger partial charge in [0.1, 0.15) is 5.00 Å². The third-order valence-electron chi connectivity index (χ3n) is 3.74. The standard InChI is InChI=1S/C12H15N3O3S/c16-11-13-10-8(3-6-19-10)7-15(11)9-1-4-14(5-2-9)12(17)18/h3,6,9H,1-2,4-5,7H2,(H,13,16)(H,17,18). The second-order valence-electron chi connectivity index (χ2n) is 4.83. The molecule has 0 unspecified atom stereocenters. The van der Waals surface area contributed by atoms with Gasteiger partial charge in [0.25, 0.3) is 0 Å². The molecule has 1 aromatic heterocycles. The largest absolute Gasteiger partial charge is 0.465 e. The number of hydrogen-bond acceptors (Lipinski definition) is 3. The average Bonchev–Trinajstić information content (AvgIpc) is 2.85. The first-order chi connectivity index (χ1) is 9.15. The second kappa shape index (κ2) is 4.73. The van der Waals surface area contributed by atoms with E-state index in [1.165, 1.54) is 16.2 Å². The molecule has 3 heterocycles. The number of hydrogen-bond donors (Lipinski definition) is 2. The molecule has 2 aliphatic rings. The Kier molecular flexibility index (Phi) is 3.06. The topological polar surface area (TPSA) is 72.9 Å². The lowest BCUT2D eigenvalue weighted by molar-refractivity contribution is 0.104. The van der Waals surface area contributed by atoms with Gasteiger partial charge in [0.05, 0.1) is 6.54 Å². The van der Waals surface area contributed by atoms with Crippen LogP contribution in [-0.2, 0) is 6.54 Å². The Labute approximate surface area is 114 Å². The minimum Gasteiger partial charge on any atom is -0.465 e. The Balaban J connectivity index is 1.68. The minimum atomic E-state index is -0.873. The maximum absolute atomic E-state index is 12.1. The molecule has 0 aromatic carbocycles. The molecule has 2 aliphatic heterocycles. The van der Waals surface area contributed by atoms with E-state index in [0.717, 1.165) is 10.6 Å². The Bertz CT molecular complexity index is 508. The van der Waals surface area contributed by atoms with Crippen molar-refractivity contribution in [2.45, 2.75) is 25.4 Å². The molecule has 0 spiro atoms. The number of rotatable bonds is 1. The molecule has 6 nitrogen and oxygen atoms in total. The monoisotopic (exact) mass is 281 g/mol. The maximum Gasteiger partial charge on any atom is 0.407 e. The summed E-state index contributed by atoms with van der Waals surface area (Å²) in [6, 6.07) is 2.09. The van der Waals surface area contributed by atoms with Crippen molar-refractivity contribution in [1.29, 1.82) is 0 Å². The number of nitrogens with one attached hydrogen (secondary N) is 1. The van der Waals surface area contributed by atoms with Crippen molar-refractivity contribution < 1.29 is 14.7 Å². The van der Waals surface area contributed by atoms with Crippen molar-refractivity contribution in [2.24, 2.45) is 0 Å². The normalized spacial score (nSPS) is 20.1. The van der Waals surface area contributed by atoms with Crippen LogP contribution in [0.25, 0.3) is 0 Å². The zero-order valence-electron chi connectivity index (χ0n) is 10.3. The number of carbonyl (C=O) groups is 2. The number of urea groups is 1. The van der Waals surface area contributed by atoms with Crippen LogP contribution >= 0.6 is 11.3 Å². The lowest BCUT2D eigenvalue weighted by atomic mass is 10.0. The Morgan fingerprint density at radius 2 is 2.16 bits per heavy atom. The van der Waals surface area contributed by atoms with Crippen molar-refractivity contribution >= 4 is 28.5 Å². The third-order valence-corrected chi connectivity index (χ3v) is 4.62. The van der Waals surface area contributed by atoms with Crippen molar-refractivity contribution in [2.75, 3.05) is 18.4 Å². The number of carbonyl (C=O) groups excluding carboxylic acids is 1. The van der Waals surface area contributed by atoms with E-state index in [1.54, 1.807) is 0 Å². The summed E-state index contributed by atoms with van der Waals surface area (Å²) in [5.41, 5.74) is 1.14. The fraction of sp³-hybridized carbons (Fsp3) is 0.500. The summed E-state index contributed by atoms with van der Waals surface area (Å²) in [6.45, 7) is 1.63. The van der Waals surface area contributed by atoms with E-state index in [9.17, 15) is 9.59 Å². The average molecular weight is 281 g/mol. The summed E-state index contributed by atoms with van der Waals surface area (Å²) in [6.07, 6.45) is 0.542. The Morgan fingerprint density at radius 3 is 2.84 bits per heavy atom. The predicted octanol–water partition coefficient (Wildman–Crippen LogP) is 2.24. The highest BCUT2D eigenvalue weighted by Gasteiger charge is 2.32. The molecule has 2 N–H and O–H groups in total. The summed E-state index contributed by atoms with van der Waals surface area (Å²) >= 11 is 1.54. The van der Waals surface area contributed by atoms with Gasteiger partial charge in [0, 0.05) is 24.7 Å². The van der Waals surface area contributed by atoms with Crippen molar-refractivity contribution in [3.63, 3.8) is 0 Å². The molecule has 19 heavy (non-hydrogen) atoms. The molecule has 7 heteroatoms.